The molecule has 0 aromatic rings. The molecule has 24 heavy (non-hydrogen) atoms. The summed E-state index contributed by atoms with van der Waals surface area (Å²) in [5, 5.41) is 3.08. The minimum absolute atomic E-state index is 0.00277. The van der Waals surface area contributed by atoms with E-state index in [4.69, 9.17) is 9.47 Å². The van der Waals surface area contributed by atoms with E-state index in [2.05, 4.69) is 5.32 Å². The lowest BCUT2D eigenvalue weighted by molar-refractivity contribution is -0.138. The number of rotatable bonds is 3. The van der Waals surface area contributed by atoms with Crippen LogP contribution in [0, 0.1) is 23.7 Å². The van der Waals surface area contributed by atoms with Gasteiger partial charge >= 0.3 is 0 Å². The first-order valence-electron chi connectivity index (χ1n) is 9.30. The van der Waals surface area contributed by atoms with Crippen LogP contribution in [-0.2, 0) is 19.1 Å². The van der Waals surface area contributed by atoms with Gasteiger partial charge < -0.3 is 19.7 Å². The minimum Gasteiger partial charge on any atom is -0.381 e. The molecule has 1 aliphatic carbocycles. The number of hydrogen-bond donors (Lipinski definition) is 1. The van der Waals surface area contributed by atoms with Gasteiger partial charge in [-0.3, -0.25) is 9.59 Å². The van der Waals surface area contributed by atoms with E-state index < -0.39 is 0 Å². The molecule has 3 aliphatic heterocycles. The Bertz CT molecular complexity index is 517. The smallest absolute Gasteiger partial charge is 0.226 e. The van der Waals surface area contributed by atoms with Crippen molar-refractivity contribution >= 4 is 11.8 Å². The number of nitrogens with one attached hydrogen (secondary N) is 1. The molecule has 2 amide bonds. The number of fused-ring (bicyclic) bond motifs is 1. The normalized spacial score (nSPS) is 36.9. The highest BCUT2D eigenvalue weighted by Crippen LogP contribution is 2.52. The molecule has 2 unspecified atom stereocenters. The summed E-state index contributed by atoms with van der Waals surface area (Å²) < 4.78 is 11.5. The molecule has 3 heterocycles. The van der Waals surface area contributed by atoms with E-state index in [0.717, 1.165) is 45.6 Å². The predicted octanol–water partition coefficient (Wildman–Crippen LogP) is 0.801. The Balaban J connectivity index is 1.27. The van der Waals surface area contributed by atoms with Crippen LogP contribution in [0.1, 0.15) is 33.1 Å². The van der Waals surface area contributed by atoms with Gasteiger partial charge in [0.2, 0.25) is 11.8 Å². The Labute approximate surface area is 143 Å². The van der Waals surface area contributed by atoms with Crippen molar-refractivity contribution in [3.8, 4) is 0 Å². The lowest BCUT2D eigenvalue weighted by atomic mass is 9.87. The Morgan fingerprint density at radius 2 is 1.79 bits per heavy atom. The fourth-order valence-corrected chi connectivity index (χ4v) is 4.60. The zero-order chi connectivity index (χ0) is 16.9. The molecule has 0 bridgehead atoms. The summed E-state index contributed by atoms with van der Waals surface area (Å²) in [6.07, 6.45) is 2.63. The van der Waals surface area contributed by atoms with Crippen LogP contribution in [0.2, 0.25) is 0 Å². The quantitative estimate of drug-likeness (QED) is 0.828. The molecule has 3 saturated heterocycles. The van der Waals surface area contributed by atoms with Crippen LogP contribution >= 0.6 is 0 Å². The number of carbonyl (C=O) groups is 2. The molecule has 0 aromatic heterocycles. The van der Waals surface area contributed by atoms with Gasteiger partial charge in [-0.15, -0.1) is 0 Å². The van der Waals surface area contributed by atoms with Crippen LogP contribution < -0.4 is 5.32 Å². The molecule has 4 fully saturated rings. The summed E-state index contributed by atoms with van der Waals surface area (Å²) in [4.78, 5) is 26.5. The standard InChI is InChI=1S/C18H28N2O4/c1-11(2)16(21)19-12-7-18(24-8-12)3-5-20(6-4-18)17(22)15-13-9-23-10-14(13)15/h11-15H,3-10H2,1-2H3,(H,19,21)/t12?,13-,14+,15?. The predicted molar refractivity (Wildman–Crippen MR) is 87.2 cm³/mol. The molecular formula is C18H28N2O4. The minimum atomic E-state index is -0.145. The van der Waals surface area contributed by atoms with Crippen molar-refractivity contribution < 1.29 is 19.1 Å². The maximum atomic E-state index is 12.6. The van der Waals surface area contributed by atoms with E-state index in [-0.39, 0.29) is 29.4 Å². The van der Waals surface area contributed by atoms with Gasteiger partial charge in [-0.1, -0.05) is 13.8 Å². The second-order valence-corrected chi connectivity index (χ2v) is 8.27. The second kappa shape index (κ2) is 5.99. The van der Waals surface area contributed by atoms with Gasteiger partial charge in [0.15, 0.2) is 0 Å². The van der Waals surface area contributed by atoms with E-state index >= 15 is 0 Å². The van der Waals surface area contributed by atoms with Crippen molar-refractivity contribution in [3.63, 3.8) is 0 Å². The van der Waals surface area contributed by atoms with Crippen molar-refractivity contribution in [1.82, 2.24) is 10.2 Å². The van der Waals surface area contributed by atoms with Gasteiger partial charge in [-0.05, 0) is 31.1 Å². The molecule has 1 saturated carbocycles. The number of piperidine rings is 1. The average molecular weight is 336 g/mol. The third-order valence-corrected chi connectivity index (χ3v) is 6.30. The van der Waals surface area contributed by atoms with Crippen LogP contribution in [0.15, 0.2) is 0 Å². The van der Waals surface area contributed by atoms with Crippen molar-refractivity contribution in [1.29, 1.82) is 0 Å². The molecule has 4 atom stereocenters. The molecule has 0 aromatic carbocycles. The molecule has 134 valence electrons. The van der Waals surface area contributed by atoms with E-state index in [1.807, 2.05) is 18.7 Å². The molecule has 4 rings (SSSR count). The summed E-state index contributed by atoms with van der Waals surface area (Å²) in [5.41, 5.74) is -0.145. The van der Waals surface area contributed by atoms with Gasteiger partial charge in [0, 0.05) is 24.9 Å². The molecule has 6 heteroatoms. The molecular weight excluding hydrogens is 308 g/mol. The van der Waals surface area contributed by atoms with Crippen LogP contribution in [0.3, 0.4) is 0 Å². The van der Waals surface area contributed by atoms with E-state index in [1.165, 1.54) is 0 Å². The highest BCUT2D eigenvalue weighted by atomic mass is 16.5. The summed E-state index contributed by atoms with van der Waals surface area (Å²) in [7, 11) is 0. The number of nitrogens with zero attached hydrogens (tertiary/aromatic N) is 1. The highest BCUT2D eigenvalue weighted by molar-refractivity contribution is 5.82. The summed E-state index contributed by atoms with van der Waals surface area (Å²) in [6.45, 7) is 7.49. The second-order valence-electron chi connectivity index (χ2n) is 8.27. The number of hydrogen-bond acceptors (Lipinski definition) is 4. The Morgan fingerprint density at radius 1 is 1.12 bits per heavy atom. The average Bonchev–Trinajstić information content (AvgIpc) is 2.89. The topological polar surface area (TPSA) is 67.9 Å². The number of carbonyl (C=O) groups excluding carboxylic acids is 2. The number of likely N-dealkylation sites (tertiary alicyclic amines) is 1. The van der Waals surface area contributed by atoms with Gasteiger partial charge in [0.05, 0.1) is 31.5 Å². The maximum Gasteiger partial charge on any atom is 0.226 e. The SMILES string of the molecule is CC(C)C(=O)NC1COC2(CCN(C(=O)C3[C@H]4COC[C@@H]34)CC2)C1. The van der Waals surface area contributed by atoms with E-state index in [0.29, 0.717) is 24.3 Å². The van der Waals surface area contributed by atoms with Crippen molar-refractivity contribution in [2.45, 2.75) is 44.8 Å². The van der Waals surface area contributed by atoms with E-state index in [9.17, 15) is 9.59 Å². The Morgan fingerprint density at radius 3 is 2.42 bits per heavy atom. The summed E-state index contributed by atoms with van der Waals surface area (Å²) in [5.74, 6) is 1.60. The van der Waals surface area contributed by atoms with Crippen LogP contribution in [0.4, 0.5) is 0 Å². The monoisotopic (exact) mass is 336 g/mol. The van der Waals surface area contributed by atoms with Crippen LogP contribution in [0.5, 0.6) is 0 Å². The zero-order valence-electron chi connectivity index (χ0n) is 14.6. The van der Waals surface area contributed by atoms with Gasteiger partial charge in [0.1, 0.15) is 0 Å². The first kappa shape index (κ1) is 16.3. The lowest BCUT2D eigenvalue weighted by Crippen LogP contribution is -2.48. The first-order valence-corrected chi connectivity index (χ1v) is 9.30. The van der Waals surface area contributed by atoms with Gasteiger partial charge in [-0.2, -0.15) is 0 Å². The molecule has 1 spiro atoms. The lowest BCUT2D eigenvalue weighted by Gasteiger charge is -2.39. The Kier molecular flexibility index (Phi) is 4.07. The largest absolute Gasteiger partial charge is 0.381 e. The Hall–Kier alpha value is -1.14. The molecule has 6 nitrogen and oxygen atoms in total. The molecule has 0 radical (unpaired) electrons. The van der Waals surface area contributed by atoms with Crippen molar-refractivity contribution in [3.05, 3.63) is 0 Å². The van der Waals surface area contributed by atoms with Gasteiger partial charge in [-0.25, -0.2) is 0 Å². The highest BCUT2D eigenvalue weighted by Gasteiger charge is 2.59. The fraction of sp³-hybridized carbons (Fsp3) is 0.889. The van der Waals surface area contributed by atoms with Crippen LogP contribution in [-0.4, -0.2) is 61.3 Å². The maximum absolute atomic E-state index is 12.6. The van der Waals surface area contributed by atoms with E-state index in [1.54, 1.807) is 0 Å². The van der Waals surface area contributed by atoms with Crippen molar-refractivity contribution in [2.24, 2.45) is 23.7 Å². The third-order valence-electron chi connectivity index (χ3n) is 6.30. The van der Waals surface area contributed by atoms with Crippen LogP contribution in [0.25, 0.3) is 0 Å². The molecule has 1 N–H and O–H groups in total. The third kappa shape index (κ3) is 2.84. The number of amides is 2. The summed E-state index contributed by atoms with van der Waals surface area (Å²) >= 11 is 0. The summed E-state index contributed by atoms with van der Waals surface area (Å²) in [6, 6.07) is 0.113. The fourth-order valence-electron chi connectivity index (χ4n) is 4.60. The molecule has 4 aliphatic rings. The first-order chi connectivity index (χ1) is 11.5. The van der Waals surface area contributed by atoms with Crippen molar-refractivity contribution in [2.75, 3.05) is 32.9 Å². The number of ether oxygens (including phenoxy) is 2. The zero-order valence-corrected chi connectivity index (χ0v) is 14.6. The van der Waals surface area contributed by atoms with Gasteiger partial charge in [0.25, 0.3) is 0 Å².